The summed E-state index contributed by atoms with van der Waals surface area (Å²) in [6, 6.07) is 14.4. The number of carbonyl (C=O) groups is 3. The van der Waals surface area contributed by atoms with Gasteiger partial charge in [0.25, 0.3) is 5.91 Å². The third-order valence-electron chi connectivity index (χ3n) is 7.14. The van der Waals surface area contributed by atoms with Crippen LogP contribution in [0, 0.1) is 23.7 Å². The molecule has 1 N–H and O–H groups in total. The maximum atomic E-state index is 13.2. The zero-order valence-corrected chi connectivity index (χ0v) is 18.8. The minimum atomic E-state index is -0.322. The van der Waals surface area contributed by atoms with Gasteiger partial charge in [-0.25, -0.2) is 0 Å². The highest BCUT2D eigenvalue weighted by atomic mass is 16.2. The summed E-state index contributed by atoms with van der Waals surface area (Å²) in [4.78, 5) is 43.7. The Labute approximate surface area is 199 Å². The van der Waals surface area contributed by atoms with Crippen LogP contribution in [0.2, 0.25) is 0 Å². The summed E-state index contributed by atoms with van der Waals surface area (Å²) in [5, 5.41) is 3.84. The van der Waals surface area contributed by atoms with Crippen LogP contribution in [0.4, 0.5) is 11.4 Å². The fraction of sp³-hybridized carbons (Fsp3) is 0.259. The topological polar surface area (TPSA) is 79.4 Å². The van der Waals surface area contributed by atoms with Crippen LogP contribution in [-0.4, -0.2) is 38.0 Å². The molecule has 2 aliphatic rings. The zero-order chi connectivity index (χ0) is 23.8. The van der Waals surface area contributed by atoms with Crippen LogP contribution in [-0.2, 0) is 15.9 Å². The number of nitrogens with zero attached hydrogens (tertiary/aromatic N) is 2. The molecule has 168 valence electrons. The highest BCUT2D eigenvalue weighted by Gasteiger charge is 2.48. The molecule has 6 nitrogen and oxygen atoms in total. The van der Waals surface area contributed by atoms with Crippen molar-refractivity contribution in [2.75, 3.05) is 17.3 Å². The predicted molar refractivity (Wildman–Crippen MR) is 133 cm³/mol. The molecule has 4 atom stereocenters. The van der Waals surface area contributed by atoms with Crippen LogP contribution in [0.5, 0.6) is 0 Å². The second-order valence-corrected chi connectivity index (χ2v) is 8.96. The quantitative estimate of drug-likeness (QED) is 0.353. The number of anilines is 2. The smallest absolute Gasteiger partial charge is 0.255 e. The standard InChI is InChI=1S/C27H24BN3O3/c1-31(27(34)24-18-6-5-17(13-18)22(24)15-32)20-9-7-16(8-10-20)26(33)30-23-4-2-3-21-19(14-28)11-12-29-25(21)23/h2-12,15,17-18,22,24H,13-14H2,1H3,(H,30,33)/t17-,18+,22-,24+/m1/s1. The molecule has 1 aromatic heterocycles. The molecule has 3 aromatic rings. The van der Waals surface area contributed by atoms with Crippen molar-refractivity contribution in [3.8, 4) is 0 Å². The van der Waals surface area contributed by atoms with E-state index in [-0.39, 0.29) is 35.5 Å². The van der Waals surface area contributed by atoms with Crippen LogP contribution in [0.15, 0.2) is 66.9 Å². The van der Waals surface area contributed by atoms with Gasteiger partial charge >= 0.3 is 0 Å². The van der Waals surface area contributed by atoms with Crippen LogP contribution in [0.3, 0.4) is 0 Å². The molecule has 2 bridgehead atoms. The van der Waals surface area contributed by atoms with Crippen molar-refractivity contribution in [2.45, 2.75) is 12.7 Å². The van der Waals surface area contributed by atoms with Gasteiger partial charge in [-0.1, -0.05) is 30.6 Å². The van der Waals surface area contributed by atoms with Crippen molar-refractivity contribution in [2.24, 2.45) is 23.7 Å². The molecule has 2 aliphatic carbocycles. The first-order chi connectivity index (χ1) is 16.5. The molecular weight excluding hydrogens is 425 g/mol. The van der Waals surface area contributed by atoms with Crippen LogP contribution in [0.1, 0.15) is 22.3 Å². The van der Waals surface area contributed by atoms with E-state index in [0.717, 1.165) is 23.7 Å². The van der Waals surface area contributed by atoms with Gasteiger partial charge in [0.05, 0.1) is 25.0 Å². The van der Waals surface area contributed by atoms with E-state index in [1.54, 1.807) is 42.4 Å². The summed E-state index contributed by atoms with van der Waals surface area (Å²) in [6.45, 7) is 0. The van der Waals surface area contributed by atoms with Crippen molar-refractivity contribution < 1.29 is 14.4 Å². The number of aromatic nitrogens is 1. The molecule has 7 heteroatoms. The van der Waals surface area contributed by atoms with Gasteiger partial charge in [0, 0.05) is 35.8 Å². The van der Waals surface area contributed by atoms with Gasteiger partial charge in [0.15, 0.2) is 0 Å². The molecule has 2 amide bonds. The first-order valence-corrected chi connectivity index (χ1v) is 11.4. The number of allylic oxidation sites excluding steroid dienone is 2. The second-order valence-electron chi connectivity index (χ2n) is 8.96. The Kier molecular flexibility index (Phi) is 5.78. The van der Waals surface area contributed by atoms with Gasteiger partial charge in [0.2, 0.25) is 5.91 Å². The summed E-state index contributed by atoms with van der Waals surface area (Å²) < 4.78 is 0. The lowest BCUT2D eigenvalue weighted by Crippen LogP contribution is -2.39. The van der Waals surface area contributed by atoms with Gasteiger partial charge in [-0.15, -0.1) is 0 Å². The van der Waals surface area contributed by atoms with Gasteiger partial charge < -0.3 is 15.0 Å². The number of nitrogens with one attached hydrogen (secondary N) is 1. The third kappa shape index (κ3) is 3.71. The van der Waals surface area contributed by atoms with Gasteiger partial charge in [-0.3, -0.25) is 14.6 Å². The predicted octanol–water partition coefficient (Wildman–Crippen LogP) is 3.76. The minimum Gasteiger partial charge on any atom is -0.320 e. The molecule has 0 aliphatic heterocycles. The molecule has 1 saturated carbocycles. The summed E-state index contributed by atoms with van der Waals surface area (Å²) in [5.41, 5.74) is 3.40. The average molecular weight is 449 g/mol. The molecule has 0 unspecified atom stereocenters. The van der Waals surface area contributed by atoms with E-state index in [1.165, 1.54) is 0 Å². The molecule has 34 heavy (non-hydrogen) atoms. The first-order valence-electron chi connectivity index (χ1n) is 11.4. The Morgan fingerprint density at radius 1 is 1.12 bits per heavy atom. The average Bonchev–Trinajstić information content (AvgIpc) is 3.49. The Morgan fingerprint density at radius 3 is 2.62 bits per heavy atom. The third-order valence-corrected chi connectivity index (χ3v) is 7.14. The van der Waals surface area contributed by atoms with Gasteiger partial charge in [0.1, 0.15) is 6.29 Å². The van der Waals surface area contributed by atoms with E-state index >= 15 is 0 Å². The molecule has 2 radical (unpaired) electrons. The maximum absolute atomic E-state index is 13.2. The summed E-state index contributed by atoms with van der Waals surface area (Å²) in [6.07, 6.45) is 7.98. The van der Waals surface area contributed by atoms with E-state index < -0.39 is 0 Å². The number of fused-ring (bicyclic) bond motifs is 3. The SMILES string of the molecule is [B]Cc1ccnc2c(NC(=O)c3ccc(N(C)C(=O)[C@@H]4[C@H](C=O)[C@@H]5C=C[C@H]4C5)cc3)cccc12. The summed E-state index contributed by atoms with van der Waals surface area (Å²) in [7, 11) is 7.54. The van der Waals surface area contributed by atoms with Crippen LogP contribution >= 0.6 is 0 Å². The van der Waals surface area contributed by atoms with Crippen molar-refractivity contribution in [3.05, 3.63) is 78.0 Å². The van der Waals surface area contributed by atoms with E-state index in [0.29, 0.717) is 28.8 Å². The largest absolute Gasteiger partial charge is 0.320 e. The van der Waals surface area contributed by atoms with Crippen molar-refractivity contribution in [1.29, 1.82) is 0 Å². The number of pyridine rings is 1. The second kappa shape index (κ2) is 8.90. The maximum Gasteiger partial charge on any atom is 0.255 e. The molecule has 1 heterocycles. The van der Waals surface area contributed by atoms with Crippen molar-refractivity contribution in [1.82, 2.24) is 4.98 Å². The Balaban J connectivity index is 1.32. The molecular formula is C27H24BN3O3. The number of benzene rings is 2. The monoisotopic (exact) mass is 449 g/mol. The number of carbonyl (C=O) groups excluding carboxylic acids is 3. The lowest BCUT2D eigenvalue weighted by molar-refractivity contribution is -0.127. The number of aldehydes is 1. The van der Waals surface area contributed by atoms with Crippen LogP contribution in [0.25, 0.3) is 10.9 Å². The lowest BCUT2D eigenvalue weighted by atomic mass is 9.83. The minimum absolute atomic E-state index is 0.0660. The fourth-order valence-corrected chi connectivity index (χ4v) is 5.29. The van der Waals surface area contributed by atoms with E-state index in [4.69, 9.17) is 7.85 Å². The van der Waals surface area contributed by atoms with E-state index in [1.807, 2.05) is 24.3 Å². The summed E-state index contributed by atoms with van der Waals surface area (Å²) in [5.74, 6) is -0.632. The Bertz CT molecular complexity index is 1300. The number of hydrogen-bond acceptors (Lipinski definition) is 4. The Hall–Kier alpha value is -3.74. The number of hydrogen-bond donors (Lipinski definition) is 1. The van der Waals surface area contributed by atoms with Gasteiger partial charge in [-0.2, -0.15) is 0 Å². The number of para-hydroxylation sites is 1. The first kappa shape index (κ1) is 22.1. The zero-order valence-electron chi connectivity index (χ0n) is 18.8. The van der Waals surface area contributed by atoms with Crippen molar-refractivity contribution >= 4 is 48.2 Å². The highest BCUT2D eigenvalue weighted by molar-refractivity contribution is 6.11. The number of rotatable bonds is 6. The normalized spacial score (nSPS) is 22.6. The highest BCUT2D eigenvalue weighted by Crippen LogP contribution is 2.48. The van der Waals surface area contributed by atoms with E-state index in [2.05, 4.69) is 22.5 Å². The lowest BCUT2D eigenvalue weighted by Gasteiger charge is -2.28. The van der Waals surface area contributed by atoms with E-state index in [9.17, 15) is 14.4 Å². The number of amides is 2. The molecule has 1 fully saturated rings. The van der Waals surface area contributed by atoms with Crippen LogP contribution < -0.4 is 10.2 Å². The molecule has 2 aromatic carbocycles. The molecule has 5 rings (SSSR count). The van der Waals surface area contributed by atoms with Gasteiger partial charge in [-0.05, 0) is 60.2 Å². The Morgan fingerprint density at radius 2 is 1.88 bits per heavy atom. The fourth-order valence-electron chi connectivity index (χ4n) is 5.29. The molecule has 0 spiro atoms. The molecule has 0 saturated heterocycles. The summed E-state index contributed by atoms with van der Waals surface area (Å²) >= 11 is 0. The van der Waals surface area contributed by atoms with Crippen molar-refractivity contribution in [3.63, 3.8) is 0 Å².